The van der Waals surface area contributed by atoms with Crippen LogP contribution in [0.2, 0.25) is 0 Å². The summed E-state index contributed by atoms with van der Waals surface area (Å²) in [6.45, 7) is 7.25. The second kappa shape index (κ2) is 14.5. The van der Waals surface area contributed by atoms with Gasteiger partial charge in [-0.2, -0.15) is 11.8 Å². The Bertz CT molecular complexity index is 332. The van der Waals surface area contributed by atoms with E-state index < -0.39 is 0 Å². The van der Waals surface area contributed by atoms with Crippen molar-refractivity contribution in [3.8, 4) is 0 Å². The van der Waals surface area contributed by atoms with Crippen LogP contribution in [-0.2, 0) is 4.74 Å². The lowest BCUT2D eigenvalue weighted by Crippen LogP contribution is -2.43. The zero-order valence-electron chi connectivity index (χ0n) is 16.0. The van der Waals surface area contributed by atoms with Gasteiger partial charge in [0.1, 0.15) is 0 Å². The lowest BCUT2D eigenvalue weighted by molar-refractivity contribution is 0.0411. The Hall–Kier alpha value is 0.310. The van der Waals surface area contributed by atoms with Crippen molar-refractivity contribution in [1.82, 2.24) is 10.6 Å². The molecule has 0 aromatic carbocycles. The summed E-state index contributed by atoms with van der Waals surface area (Å²) in [4.78, 5) is 4.28. The van der Waals surface area contributed by atoms with E-state index in [9.17, 15) is 0 Å². The van der Waals surface area contributed by atoms with Crippen LogP contribution < -0.4 is 10.6 Å². The highest BCUT2D eigenvalue weighted by Gasteiger charge is 2.16. The van der Waals surface area contributed by atoms with E-state index in [1.54, 1.807) is 0 Å². The van der Waals surface area contributed by atoms with Crippen LogP contribution in [0.4, 0.5) is 0 Å². The number of hydrogen-bond acceptors (Lipinski definition) is 3. The van der Waals surface area contributed by atoms with Crippen LogP contribution >= 0.6 is 35.7 Å². The van der Waals surface area contributed by atoms with Crippen LogP contribution in [0.1, 0.15) is 65.2 Å². The number of unbranched alkanes of at least 4 members (excludes halogenated alkanes) is 1. The normalized spacial score (nSPS) is 17.1. The third kappa shape index (κ3) is 11.8. The number of aliphatic imine (C=N–C) groups is 1. The lowest BCUT2D eigenvalue weighted by atomic mass is 10.1. The molecule has 0 amide bonds. The van der Waals surface area contributed by atoms with Crippen molar-refractivity contribution in [2.45, 2.75) is 76.1 Å². The summed E-state index contributed by atoms with van der Waals surface area (Å²) in [6.07, 6.45) is 12.9. The van der Waals surface area contributed by atoms with Gasteiger partial charge < -0.3 is 15.4 Å². The smallest absolute Gasteiger partial charge is 0.191 e. The largest absolute Gasteiger partial charge is 0.378 e. The Labute approximate surface area is 170 Å². The number of thioether (sulfide) groups is 1. The van der Waals surface area contributed by atoms with E-state index in [0.29, 0.717) is 6.10 Å². The first-order valence-electron chi connectivity index (χ1n) is 9.18. The Balaban J connectivity index is 0.00000529. The Morgan fingerprint density at radius 3 is 2.38 bits per heavy atom. The molecule has 1 saturated carbocycles. The lowest BCUT2D eigenvalue weighted by Gasteiger charge is -2.23. The fourth-order valence-corrected chi connectivity index (χ4v) is 2.90. The van der Waals surface area contributed by atoms with Crippen molar-refractivity contribution < 1.29 is 4.74 Å². The predicted molar refractivity (Wildman–Crippen MR) is 119 cm³/mol. The molecule has 6 heteroatoms. The van der Waals surface area contributed by atoms with Gasteiger partial charge in [0.2, 0.25) is 0 Å². The summed E-state index contributed by atoms with van der Waals surface area (Å²) in [5, 5.41) is 6.79. The quantitative estimate of drug-likeness (QED) is 0.172. The van der Waals surface area contributed by atoms with Gasteiger partial charge in [-0.1, -0.05) is 25.7 Å². The van der Waals surface area contributed by atoms with Gasteiger partial charge in [-0.15, -0.1) is 24.0 Å². The molecule has 1 aliphatic rings. The van der Waals surface area contributed by atoms with Gasteiger partial charge >= 0.3 is 0 Å². The first kappa shape index (κ1) is 24.3. The average Bonchev–Trinajstić information content (AvgIpc) is 2.82. The molecule has 144 valence electrons. The van der Waals surface area contributed by atoms with E-state index in [4.69, 9.17) is 4.74 Å². The molecule has 4 nitrogen and oxygen atoms in total. The monoisotopic (exact) mass is 471 g/mol. The van der Waals surface area contributed by atoms with E-state index in [2.05, 4.69) is 35.7 Å². The minimum Gasteiger partial charge on any atom is -0.378 e. The summed E-state index contributed by atoms with van der Waals surface area (Å²) >= 11 is 1.87. The molecule has 0 saturated heterocycles. The number of hydrogen-bond donors (Lipinski definition) is 2. The molecule has 1 fully saturated rings. The van der Waals surface area contributed by atoms with Crippen LogP contribution in [0, 0.1) is 0 Å². The van der Waals surface area contributed by atoms with Crippen molar-refractivity contribution in [3.63, 3.8) is 0 Å². The van der Waals surface area contributed by atoms with Crippen LogP contribution in [0.5, 0.6) is 0 Å². The number of ether oxygens (including phenoxy) is 1. The molecule has 1 aliphatic carbocycles. The third-order valence-electron chi connectivity index (χ3n) is 4.48. The molecule has 0 aromatic heterocycles. The predicted octanol–water partition coefficient (Wildman–Crippen LogP) is 4.43. The average molecular weight is 471 g/mol. The van der Waals surface area contributed by atoms with E-state index in [0.717, 1.165) is 38.5 Å². The fraction of sp³-hybridized carbons (Fsp3) is 0.944. The van der Waals surface area contributed by atoms with Crippen LogP contribution in [0.3, 0.4) is 0 Å². The minimum absolute atomic E-state index is 0. The minimum atomic E-state index is 0. The number of nitrogens with zero attached hydrogens (tertiary/aromatic N) is 1. The summed E-state index contributed by atoms with van der Waals surface area (Å²) in [5.74, 6) is 0.900. The highest BCUT2D eigenvalue weighted by Crippen LogP contribution is 2.20. The molecule has 0 unspecified atom stereocenters. The van der Waals surface area contributed by atoms with E-state index in [1.165, 1.54) is 38.5 Å². The molecule has 0 aliphatic heterocycles. The maximum absolute atomic E-state index is 6.03. The van der Waals surface area contributed by atoms with Gasteiger partial charge in [-0.05, 0) is 45.8 Å². The molecule has 0 bridgehead atoms. The zero-order valence-corrected chi connectivity index (χ0v) is 19.2. The molecule has 0 spiro atoms. The fourth-order valence-electron chi connectivity index (χ4n) is 2.68. The van der Waals surface area contributed by atoms with E-state index >= 15 is 0 Å². The maximum Gasteiger partial charge on any atom is 0.191 e. The molecule has 2 N–H and O–H groups in total. The second-order valence-corrected chi connectivity index (χ2v) is 8.52. The highest BCUT2D eigenvalue weighted by atomic mass is 127. The van der Waals surface area contributed by atoms with Gasteiger partial charge in [-0.25, -0.2) is 0 Å². The first-order valence-corrected chi connectivity index (χ1v) is 10.4. The zero-order chi connectivity index (χ0) is 17.0. The molecular formula is C18H38IN3OS. The molecule has 0 heterocycles. The first-order chi connectivity index (χ1) is 11.1. The second-order valence-electron chi connectivity index (χ2n) is 7.01. The van der Waals surface area contributed by atoms with Gasteiger partial charge in [0, 0.05) is 31.5 Å². The van der Waals surface area contributed by atoms with Crippen molar-refractivity contribution >= 4 is 41.7 Å². The third-order valence-corrected chi connectivity index (χ3v) is 5.73. The highest BCUT2D eigenvalue weighted by molar-refractivity contribution is 14.0. The maximum atomic E-state index is 6.03. The SMILES string of the molecule is CN=C(NCCCCOC1CCCCCC1)NCC(C)(C)SC.I. The van der Waals surface area contributed by atoms with E-state index in [-0.39, 0.29) is 28.7 Å². The molecular weight excluding hydrogens is 433 g/mol. The molecule has 0 atom stereocenters. The summed E-state index contributed by atoms with van der Waals surface area (Å²) in [5.41, 5.74) is 0. The van der Waals surface area contributed by atoms with Crippen LogP contribution in [0.15, 0.2) is 4.99 Å². The topological polar surface area (TPSA) is 45.7 Å². The number of nitrogens with one attached hydrogen (secondary N) is 2. The van der Waals surface area contributed by atoms with Gasteiger partial charge in [-0.3, -0.25) is 4.99 Å². The van der Waals surface area contributed by atoms with Gasteiger partial charge in [0.15, 0.2) is 5.96 Å². The van der Waals surface area contributed by atoms with Crippen molar-refractivity contribution in [2.75, 3.05) is 33.0 Å². The standard InChI is InChI=1S/C18H37N3OS.HI/c1-18(2,23-4)15-21-17(19-3)20-13-9-10-14-22-16-11-7-5-6-8-12-16;/h16H,5-15H2,1-4H3,(H2,19,20,21);1H. The van der Waals surface area contributed by atoms with Crippen LogP contribution in [-0.4, -0.2) is 49.8 Å². The number of rotatable bonds is 9. The molecule has 0 radical (unpaired) electrons. The number of halogens is 1. The summed E-state index contributed by atoms with van der Waals surface area (Å²) in [6, 6.07) is 0. The van der Waals surface area contributed by atoms with Crippen molar-refractivity contribution in [2.24, 2.45) is 4.99 Å². The molecule has 1 rings (SSSR count). The molecule has 24 heavy (non-hydrogen) atoms. The summed E-state index contributed by atoms with van der Waals surface area (Å²) < 4.78 is 6.25. The van der Waals surface area contributed by atoms with Gasteiger partial charge in [0.05, 0.1) is 6.10 Å². The van der Waals surface area contributed by atoms with E-state index in [1.807, 2.05) is 18.8 Å². The Morgan fingerprint density at radius 2 is 1.79 bits per heavy atom. The summed E-state index contributed by atoms with van der Waals surface area (Å²) in [7, 11) is 1.83. The van der Waals surface area contributed by atoms with Gasteiger partial charge in [0.25, 0.3) is 0 Å². The van der Waals surface area contributed by atoms with Crippen molar-refractivity contribution in [1.29, 1.82) is 0 Å². The molecule has 0 aromatic rings. The number of guanidine groups is 1. The Morgan fingerprint density at radius 1 is 1.12 bits per heavy atom. The van der Waals surface area contributed by atoms with Crippen molar-refractivity contribution in [3.05, 3.63) is 0 Å². The Kier molecular flexibility index (Phi) is 14.7. The van der Waals surface area contributed by atoms with Crippen LogP contribution in [0.25, 0.3) is 0 Å².